The van der Waals surface area contributed by atoms with E-state index < -0.39 is 5.60 Å². The van der Waals surface area contributed by atoms with Crippen LogP contribution < -0.4 is 5.32 Å². The lowest BCUT2D eigenvalue weighted by Gasteiger charge is -2.35. The van der Waals surface area contributed by atoms with E-state index in [9.17, 15) is 5.11 Å². The second-order valence-corrected chi connectivity index (χ2v) is 6.58. The Bertz CT molecular complexity index is 226. The third-order valence-electron chi connectivity index (χ3n) is 3.93. The Kier molecular flexibility index (Phi) is 3.30. The number of hydrogen-bond donors (Lipinski definition) is 2. The fourth-order valence-electron chi connectivity index (χ4n) is 3.07. The summed E-state index contributed by atoms with van der Waals surface area (Å²) in [6.07, 6.45) is 5.34. The molecule has 2 rings (SSSR count). The zero-order valence-electron chi connectivity index (χ0n) is 10.9. The number of nitrogens with zero attached hydrogens (tertiary/aromatic N) is 1. The molecule has 3 nitrogen and oxygen atoms in total. The van der Waals surface area contributed by atoms with Crippen LogP contribution in [0, 0.1) is 0 Å². The molecular formula is C13H26N2O. The van der Waals surface area contributed by atoms with Gasteiger partial charge < -0.3 is 10.4 Å². The zero-order valence-corrected chi connectivity index (χ0v) is 10.9. The van der Waals surface area contributed by atoms with Crippen molar-refractivity contribution in [1.29, 1.82) is 0 Å². The summed E-state index contributed by atoms with van der Waals surface area (Å²) >= 11 is 0. The summed E-state index contributed by atoms with van der Waals surface area (Å²) < 4.78 is 0. The summed E-state index contributed by atoms with van der Waals surface area (Å²) in [7, 11) is 0. The van der Waals surface area contributed by atoms with Crippen LogP contribution in [0.1, 0.15) is 46.5 Å². The highest BCUT2D eigenvalue weighted by Gasteiger charge is 2.37. The highest BCUT2D eigenvalue weighted by atomic mass is 16.3. The van der Waals surface area contributed by atoms with Crippen molar-refractivity contribution in [3.8, 4) is 0 Å². The van der Waals surface area contributed by atoms with E-state index in [0.717, 1.165) is 13.1 Å². The lowest BCUT2D eigenvalue weighted by Crippen LogP contribution is -2.48. The van der Waals surface area contributed by atoms with Crippen LogP contribution in [0.4, 0.5) is 0 Å². The van der Waals surface area contributed by atoms with Gasteiger partial charge in [0.25, 0.3) is 0 Å². The van der Waals surface area contributed by atoms with Crippen molar-refractivity contribution in [3.05, 3.63) is 0 Å². The molecule has 1 unspecified atom stereocenters. The topological polar surface area (TPSA) is 35.5 Å². The predicted molar refractivity (Wildman–Crippen MR) is 66.5 cm³/mol. The van der Waals surface area contributed by atoms with Crippen molar-refractivity contribution in [3.63, 3.8) is 0 Å². The van der Waals surface area contributed by atoms with Gasteiger partial charge in [0.05, 0.1) is 5.60 Å². The van der Waals surface area contributed by atoms with Crippen LogP contribution in [0.15, 0.2) is 0 Å². The molecular weight excluding hydrogens is 200 g/mol. The molecule has 0 amide bonds. The molecule has 16 heavy (non-hydrogen) atoms. The van der Waals surface area contributed by atoms with Gasteiger partial charge in [-0.15, -0.1) is 0 Å². The van der Waals surface area contributed by atoms with Crippen molar-refractivity contribution in [2.75, 3.05) is 19.6 Å². The summed E-state index contributed by atoms with van der Waals surface area (Å²) in [4.78, 5) is 2.51. The van der Waals surface area contributed by atoms with Gasteiger partial charge in [0.15, 0.2) is 0 Å². The van der Waals surface area contributed by atoms with Crippen molar-refractivity contribution in [1.82, 2.24) is 10.2 Å². The van der Waals surface area contributed by atoms with E-state index in [4.69, 9.17) is 0 Å². The summed E-state index contributed by atoms with van der Waals surface area (Å²) in [5.41, 5.74) is -0.473. The minimum absolute atomic E-state index is 0.114. The minimum atomic E-state index is -0.587. The first-order valence-corrected chi connectivity index (χ1v) is 6.59. The summed E-state index contributed by atoms with van der Waals surface area (Å²) in [6, 6.07) is 0.700. The van der Waals surface area contributed by atoms with Gasteiger partial charge in [-0.3, -0.25) is 4.90 Å². The number of rotatable bonds is 1. The van der Waals surface area contributed by atoms with Gasteiger partial charge in [-0.2, -0.15) is 0 Å². The first-order valence-electron chi connectivity index (χ1n) is 6.59. The highest BCUT2D eigenvalue weighted by Crippen LogP contribution is 2.27. The zero-order chi connectivity index (χ0) is 11.8. The second-order valence-electron chi connectivity index (χ2n) is 6.58. The third kappa shape index (κ3) is 2.96. The maximum absolute atomic E-state index is 10.3. The number of aliphatic hydroxyl groups is 1. The van der Waals surface area contributed by atoms with Gasteiger partial charge in [-0.1, -0.05) is 12.8 Å². The van der Waals surface area contributed by atoms with Crippen molar-refractivity contribution >= 4 is 0 Å². The van der Waals surface area contributed by atoms with E-state index >= 15 is 0 Å². The molecule has 0 aromatic carbocycles. The second kappa shape index (κ2) is 4.28. The van der Waals surface area contributed by atoms with E-state index in [2.05, 4.69) is 24.1 Å². The van der Waals surface area contributed by atoms with Crippen LogP contribution in [-0.4, -0.2) is 46.8 Å². The monoisotopic (exact) mass is 226 g/mol. The Morgan fingerprint density at radius 1 is 1.12 bits per heavy atom. The van der Waals surface area contributed by atoms with Gasteiger partial charge in [0.1, 0.15) is 0 Å². The Morgan fingerprint density at radius 2 is 1.75 bits per heavy atom. The van der Waals surface area contributed by atoms with Crippen LogP contribution >= 0.6 is 0 Å². The molecule has 1 heterocycles. The van der Waals surface area contributed by atoms with Gasteiger partial charge in [-0.25, -0.2) is 0 Å². The molecule has 2 aliphatic rings. The molecule has 0 bridgehead atoms. The first kappa shape index (κ1) is 12.3. The fourth-order valence-corrected chi connectivity index (χ4v) is 3.07. The van der Waals surface area contributed by atoms with Gasteiger partial charge in [0, 0.05) is 31.2 Å². The fraction of sp³-hybridized carbons (Fsp3) is 1.00. The van der Waals surface area contributed by atoms with Crippen LogP contribution in [0.25, 0.3) is 0 Å². The van der Waals surface area contributed by atoms with Crippen molar-refractivity contribution < 1.29 is 5.11 Å². The lowest BCUT2D eigenvalue weighted by molar-refractivity contribution is 0.0219. The molecule has 2 fully saturated rings. The van der Waals surface area contributed by atoms with E-state index in [0.29, 0.717) is 12.6 Å². The molecule has 0 aromatic heterocycles. The number of hydrogen-bond acceptors (Lipinski definition) is 3. The maximum Gasteiger partial charge on any atom is 0.0870 e. The SMILES string of the molecule is CC1(O)CNC(C)(C)CN(C2CCCC2)C1. The highest BCUT2D eigenvalue weighted by molar-refractivity contribution is 4.95. The Hall–Kier alpha value is -0.120. The number of nitrogens with one attached hydrogen (secondary N) is 1. The Morgan fingerprint density at radius 3 is 2.38 bits per heavy atom. The molecule has 3 heteroatoms. The van der Waals surface area contributed by atoms with E-state index in [-0.39, 0.29) is 5.54 Å². The Balaban J connectivity index is 2.08. The molecule has 0 spiro atoms. The molecule has 0 aromatic rings. The molecule has 1 saturated carbocycles. The summed E-state index contributed by atoms with van der Waals surface area (Å²) in [5, 5.41) is 13.8. The largest absolute Gasteiger partial charge is 0.388 e. The Labute approximate surface area is 99.2 Å². The molecule has 2 N–H and O–H groups in total. The van der Waals surface area contributed by atoms with Crippen LogP contribution in [0.3, 0.4) is 0 Å². The third-order valence-corrected chi connectivity index (χ3v) is 3.93. The predicted octanol–water partition coefficient (Wildman–Crippen LogP) is 1.36. The number of β-amino-alcohol motifs (C(OH)–C–C–N with tert-alkyl or cyclic N) is 1. The molecule has 0 radical (unpaired) electrons. The molecule has 1 saturated heterocycles. The average molecular weight is 226 g/mol. The standard InChI is InChI=1S/C13H26N2O/c1-12(2)9-15(11-6-4-5-7-11)10-13(3,16)8-14-12/h11,14,16H,4-10H2,1-3H3. The van der Waals surface area contributed by atoms with E-state index in [1.54, 1.807) is 0 Å². The molecule has 1 aliphatic heterocycles. The van der Waals surface area contributed by atoms with Crippen molar-refractivity contribution in [2.24, 2.45) is 0 Å². The van der Waals surface area contributed by atoms with Gasteiger partial charge in [0.2, 0.25) is 0 Å². The normalized spacial score (nSPS) is 37.5. The van der Waals surface area contributed by atoms with Crippen LogP contribution in [-0.2, 0) is 0 Å². The van der Waals surface area contributed by atoms with Gasteiger partial charge in [-0.05, 0) is 33.6 Å². The molecule has 1 aliphatic carbocycles. The molecule has 1 atom stereocenters. The lowest BCUT2D eigenvalue weighted by atomic mass is 10.0. The van der Waals surface area contributed by atoms with Gasteiger partial charge >= 0.3 is 0 Å². The van der Waals surface area contributed by atoms with E-state index in [1.807, 2.05) is 6.92 Å². The minimum Gasteiger partial charge on any atom is -0.388 e. The first-order chi connectivity index (χ1) is 7.38. The maximum atomic E-state index is 10.3. The summed E-state index contributed by atoms with van der Waals surface area (Å²) in [5.74, 6) is 0. The van der Waals surface area contributed by atoms with Crippen molar-refractivity contribution in [2.45, 2.75) is 63.6 Å². The van der Waals surface area contributed by atoms with Crippen LogP contribution in [0.2, 0.25) is 0 Å². The molecule has 94 valence electrons. The van der Waals surface area contributed by atoms with Crippen LogP contribution in [0.5, 0.6) is 0 Å². The summed E-state index contributed by atoms with van der Waals surface area (Å²) in [6.45, 7) is 8.97. The van der Waals surface area contributed by atoms with E-state index in [1.165, 1.54) is 25.7 Å². The smallest absolute Gasteiger partial charge is 0.0870 e. The quantitative estimate of drug-likeness (QED) is 0.709. The average Bonchev–Trinajstić information content (AvgIpc) is 2.63.